The lowest BCUT2D eigenvalue weighted by molar-refractivity contribution is -0.384. The van der Waals surface area contributed by atoms with Gasteiger partial charge < -0.3 is 10.2 Å². The molecule has 10 heteroatoms. The minimum atomic E-state index is -0.853. The number of rotatable bonds is 8. The van der Waals surface area contributed by atoms with Gasteiger partial charge in [-0.1, -0.05) is 37.6 Å². The zero-order valence-electron chi connectivity index (χ0n) is 18.5. The third kappa shape index (κ3) is 6.07. The van der Waals surface area contributed by atoms with Gasteiger partial charge in [-0.05, 0) is 37.0 Å². The summed E-state index contributed by atoms with van der Waals surface area (Å²) in [6.45, 7) is 5.31. The molecule has 1 saturated heterocycles. The van der Waals surface area contributed by atoms with Gasteiger partial charge in [-0.3, -0.25) is 19.7 Å². The van der Waals surface area contributed by atoms with Crippen LogP contribution in [0.15, 0.2) is 47.6 Å². The van der Waals surface area contributed by atoms with Gasteiger partial charge in [0.25, 0.3) is 17.5 Å². The van der Waals surface area contributed by atoms with Gasteiger partial charge >= 0.3 is 0 Å². The molecule has 2 amide bonds. The Labute approximate surface area is 197 Å². The van der Waals surface area contributed by atoms with Gasteiger partial charge in [0, 0.05) is 36.5 Å². The number of hydrogen-bond acceptors (Lipinski definition) is 6. The lowest BCUT2D eigenvalue weighted by atomic mass is 10.0. The number of non-ortho nitro benzene ring substituents is 1. The minimum Gasteiger partial charge on any atom is -0.371 e. The summed E-state index contributed by atoms with van der Waals surface area (Å²) in [6, 6.07) is 10.3. The van der Waals surface area contributed by atoms with Crippen molar-refractivity contribution in [3.05, 3.63) is 68.7 Å². The standard InChI is InChI=1S/C23H26ClN5O4/c1-15(2)21(26-22(30)18-7-3-4-8-19(18)24)23(31)27-25-14-16-13-17(29(32)33)9-10-20(16)28-11-5-6-12-28/h3-4,7-10,13-15,21H,5-6,11-12H2,1-2H3,(H,26,30)(H,27,31). The predicted octanol–water partition coefficient (Wildman–Crippen LogP) is 3.75. The number of anilines is 1. The zero-order valence-corrected chi connectivity index (χ0v) is 19.2. The first-order chi connectivity index (χ1) is 15.8. The van der Waals surface area contributed by atoms with E-state index in [0.29, 0.717) is 5.56 Å². The van der Waals surface area contributed by atoms with E-state index in [1.807, 2.05) is 0 Å². The first-order valence-corrected chi connectivity index (χ1v) is 11.1. The fourth-order valence-electron chi connectivity index (χ4n) is 3.64. The summed E-state index contributed by atoms with van der Waals surface area (Å²) >= 11 is 6.08. The number of nitro groups is 1. The van der Waals surface area contributed by atoms with Gasteiger partial charge in [0.1, 0.15) is 6.04 Å². The largest absolute Gasteiger partial charge is 0.371 e. The van der Waals surface area contributed by atoms with E-state index in [4.69, 9.17) is 11.6 Å². The molecule has 0 aromatic heterocycles. The highest BCUT2D eigenvalue weighted by Crippen LogP contribution is 2.27. The molecule has 0 bridgehead atoms. The van der Waals surface area contributed by atoms with Gasteiger partial charge in [-0.2, -0.15) is 5.10 Å². The van der Waals surface area contributed by atoms with Gasteiger partial charge in [0.05, 0.1) is 21.7 Å². The van der Waals surface area contributed by atoms with Gasteiger partial charge in [-0.15, -0.1) is 0 Å². The van der Waals surface area contributed by atoms with Crippen molar-refractivity contribution in [2.45, 2.75) is 32.7 Å². The number of amides is 2. The minimum absolute atomic E-state index is 0.0576. The molecule has 1 atom stereocenters. The van der Waals surface area contributed by atoms with E-state index in [1.54, 1.807) is 44.2 Å². The molecule has 2 N–H and O–H groups in total. The van der Waals surface area contributed by atoms with Crippen molar-refractivity contribution in [1.82, 2.24) is 10.7 Å². The highest BCUT2D eigenvalue weighted by Gasteiger charge is 2.25. The first-order valence-electron chi connectivity index (χ1n) is 10.7. The van der Waals surface area contributed by atoms with Crippen molar-refractivity contribution < 1.29 is 14.5 Å². The molecule has 0 saturated carbocycles. The van der Waals surface area contributed by atoms with Crippen LogP contribution in [0.3, 0.4) is 0 Å². The Bertz CT molecular complexity index is 1070. The summed E-state index contributed by atoms with van der Waals surface area (Å²) in [4.78, 5) is 38.2. The third-order valence-electron chi connectivity index (χ3n) is 5.40. The van der Waals surface area contributed by atoms with Crippen molar-refractivity contribution in [3.63, 3.8) is 0 Å². The second kappa shape index (κ2) is 10.9. The van der Waals surface area contributed by atoms with Crippen LogP contribution in [0.1, 0.15) is 42.6 Å². The van der Waals surface area contributed by atoms with E-state index < -0.39 is 22.8 Å². The molecular weight excluding hydrogens is 446 g/mol. The Morgan fingerprint density at radius 1 is 1.18 bits per heavy atom. The monoisotopic (exact) mass is 471 g/mol. The van der Waals surface area contributed by atoms with Gasteiger partial charge in [-0.25, -0.2) is 5.43 Å². The molecule has 1 fully saturated rings. The third-order valence-corrected chi connectivity index (χ3v) is 5.73. The summed E-state index contributed by atoms with van der Waals surface area (Å²) in [7, 11) is 0. The molecular formula is C23H26ClN5O4. The molecule has 174 valence electrons. The van der Waals surface area contributed by atoms with E-state index in [2.05, 4.69) is 20.7 Å². The maximum atomic E-state index is 12.8. The molecule has 1 aliphatic rings. The number of nitrogens with zero attached hydrogens (tertiary/aromatic N) is 3. The fraction of sp³-hybridized carbons (Fsp3) is 0.348. The molecule has 1 aliphatic heterocycles. The van der Waals surface area contributed by atoms with E-state index in [-0.39, 0.29) is 22.2 Å². The number of hydrazone groups is 1. The van der Waals surface area contributed by atoms with Crippen LogP contribution in [-0.2, 0) is 4.79 Å². The van der Waals surface area contributed by atoms with Crippen molar-refractivity contribution >= 4 is 41.0 Å². The quantitative estimate of drug-likeness (QED) is 0.345. The molecule has 2 aromatic carbocycles. The number of nitro benzene ring substituents is 1. The zero-order chi connectivity index (χ0) is 24.0. The van der Waals surface area contributed by atoms with Gasteiger partial charge in [0.2, 0.25) is 0 Å². The fourth-order valence-corrected chi connectivity index (χ4v) is 3.86. The number of carbonyl (C=O) groups excluding carboxylic acids is 2. The van der Waals surface area contributed by atoms with Crippen LogP contribution in [0, 0.1) is 16.0 Å². The number of benzene rings is 2. The molecule has 0 spiro atoms. The molecule has 3 rings (SSSR count). The van der Waals surface area contributed by atoms with Crippen LogP contribution in [0.25, 0.3) is 0 Å². The molecule has 1 unspecified atom stereocenters. The molecule has 0 aliphatic carbocycles. The summed E-state index contributed by atoms with van der Waals surface area (Å²) in [6.07, 6.45) is 3.49. The van der Waals surface area contributed by atoms with E-state index in [9.17, 15) is 19.7 Å². The van der Waals surface area contributed by atoms with E-state index in [0.717, 1.165) is 31.6 Å². The summed E-state index contributed by atoms with van der Waals surface area (Å²) < 4.78 is 0. The average Bonchev–Trinajstić information content (AvgIpc) is 3.32. The van der Waals surface area contributed by atoms with Crippen LogP contribution >= 0.6 is 11.6 Å². The van der Waals surface area contributed by atoms with Crippen LogP contribution in [0.5, 0.6) is 0 Å². The van der Waals surface area contributed by atoms with E-state index >= 15 is 0 Å². The normalized spacial score (nSPS) is 14.5. The topological polar surface area (TPSA) is 117 Å². The van der Waals surface area contributed by atoms with Crippen molar-refractivity contribution in [3.8, 4) is 0 Å². The Balaban J connectivity index is 1.74. The summed E-state index contributed by atoms with van der Waals surface area (Å²) in [5.74, 6) is -1.19. The van der Waals surface area contributed by atoms with Crippen LogP contribution in [-0.4, -0.2) is 42.1 Å². The maximum Gasteiger partial charge on any atom is 0.270 e. The maximum absolute atomic E-state index is 12.8. The van der Waals surface area contributed by atoms with Crippen LogP contribution < -0.4 is 15.6 Å². The lowest BCUT2D eigenvalue weighted by Gasteiger charge is -2.21. The highest BCUT2D eigenvalue weighted by molar-refractivity contribution is 6.33. The van der Waals surface area contributed by atoms with Crippen molar-refractivity contribution in [2.24, 2.45) is 11.0 Å². The molecule has 0 radical (unpaired) electrons. The summed E-state index contributed by atoms with van der Waals surface area (Å²) in [5.41, 5.74) is 4.02. The Hall–Kier alpha value is -3.46. The van der Waals surface area contributed by atoms with Gasteiger partial charge in [0.15, 0.2) is 0 Å². The second-order valence-corrected chi connectivity index (χ2v) is 8.51. The number of halogens is 1. The predicted molar refractivity (Wildman–Crippen MR) is 128 cm³/mol. The molecule has 33 heavy (non-hydrogen) atoms. The molecule has 9 nitrogen and oxygen atoms in total. The van der Waals surface area contributed by atoms with Crippen LogP contribution in [0.2, 0.25) is 5.02 Å². The smallest absolute Gasteiger partial charge is 0.270 e. The number of carbonyl (C=O) groups is 2. The molecule has 2 aromatic rings. The van der Waals surface area contributed by atoms with Crippen molar-refractivity contribution in [1.29, 1.82) is 0 Å². The van der Waals surface area contributed by atoms with E-state index in [1.165, 1.54) is 18.3 Å². The lowest BCUT2D eigenvalue weighted by Crippen LogP contribution is -2.48. The molecule has 1 heterocycles. The second-order valence-electron chi connectivity index (χ2n) is 8.10. The first kappa shape index (κ1) is 24.2. The SMILES string of the molecule is CC(C)C(NC(=O)c1ccccc1Cl)C(=O)NN=Cc1cc([N+](=O)[O-])ccc1N1CCCC1. The number of hydrogen-bond donors (Lipinski definition) is 2. The van der Waals surface area contributed by atoms with Crippen LogP contribution in [0.4, 0.5) is 11.4 Å². The summed E-state index contributed by atoms with van der Waals surface area (Å²) in [5, 5.41) is 18.2. The number of nitrogens with one attached hydrogen (secondary N) is 2. The highest BCUT2D eigenvalue weighted by atomic mass is 35.5. The Kier molecular flexibility index (Phi) is 8.00. The average molecular weight is 472 g/mol. The van der Waals surface area contributed by atoms with Crippen molar-refractivity contribution in [2.75, 3.05) is 18.0 Å². The Morgan fingerprint density at radius 2 is 1.88 bits per heavy atom. The Morgan fingerprint density at radius 3 is 2.52 bits per heavy atom.